The van der Waals surface area contributed by atoms with Crippen LogP contribution in [-0.2, 0) is 16.7 Å². The molecule has 4 nitrogen and oxygen atoms in total. The lowest BCUT2D eigenvalue weighted by Gasteiger charge is -2.11. The van der Waals surface area contributed by atoms with E-state index in [1.807, 2.05) is 42.8 Å². The summed E-state index contributed by atoms with van der Waals surface area (Å²) < 4.78 is 35.4. The number of aromatic nitrogens is 1. The highest BCUT2D eigenvalue weighted by molar-refractivity contribution is 7.85. The molecular weight excluding hydrogens is 262 g/mol. The zero-order valence-corrected chi connectivity index (χ0v) is 11.6. The molecule has 0 aliphatic rings. The van der Waals surface area contributed by atoms with Gasteiger partial charge in [0, 0.05) is 12.1 Å². The summed E-state index contributed by atoms with van der Waals surface area (Å²) >= 11 is 0. The summed E-state index contributed by atoms with van der Waals surface area (Å²) in [5, 5.41) is 0. The van der Waals surface area contributed by atoms with E-state index in [-0.39, 0.29) is 4.90 Å². The first-order chi connectivity index (χ1) is 8.93. The van der Waals surface area contributed by atoms with E-state index in [2.05, 4.69) is 0 Å². The van der Waals surface area contributed by atoms with Crippen molar-refractivity contribution < 1.29 is 17.5 Å². The molecule has 0 saturated heterocycles. The van der Waals surface area contributed by atoms with E-state index in [1.165, 1.54) is 12.1 Å². The van der Waals surface area contributed by atoms with E-state index in [9.17, 15) is 13.0 Å². The van der Waals surface area contributed by atoms with Crippen LogP contribution in [-0.4, -0.2) is 13.0 Å². The summed E-state index contributed by atoms with van der Waals surface area (Å²) in [6.07, 6.45) is 1.92. The lowest BCUT2D eigenvalue weighted by molar-refractivity contribution is -0.682. The molecule has 0 amide bonds. The highest BCUT2D eigenvalue weighted by Crippen LogP contribution is 2.23. The summed E-state index contributed by atoms with van der Waals surface area (Å²) in [5.74, 6) is 0. The minimum atomic E-state index is -4.43. The number of hydrogen-bond acceptors (Lipinski definition) is 3. The van der Waals surface area contributed by atoms with E-state index >= 15 is 0 Å². The Morgan fingerprint density at radius 1 is 1.21 bits per heavy atom. The summed E-state index contributed by atoms with van der Waals surface area (Å²) in [5.41, 5.74) is 2.59. The Balaban J connectivity index is 2.68. The van der Waals surface area contributed by atoms with E-state index in [0.29, 0.717) is 0 Å². The van der Waals surface area contributed by atoms with Crippen molar-refractivity contribution in [1.29, 1.82) is 0 Å². The predicted molar refractivity (Wildman–Crippen MR) is 70.4 cm³/mol. The SMILES string of the molecule is CC[n+]1ccccc1-c1cc(S(=O)(=O)[O-])ccc1C. The van der Waals surface area contributed by atoms with Gasteiger partial charge in [-0.25, -0.2) is 8.42 Å². The van der Waals surface area contributed by atoms with Gasteiger partial charge in [0.25, 0.3) is 0 Å². The number of pyridine rings is 1. The summed E-state index contributed by atoms with van der Waals surface area (Å²) in [6.45, 7) is 4.67. The molecule has 0 fully saturated rings. The molecule has 5 heteroatoms. The molecule has 0 N–H and O–H groups in total. The maximum absolute atomic E-state index is 11.1. The Kier molecular flexibility index (Phi) is 3.68. The van der Waals surface area contributed by atoms with Gasteiger partial charge in [0.15, 0.2) is 6.20 Å². The quantitative estimate of drug-likeness (QED) is 0.635. The van der Waals surface area contributed by atoms with Crippen LogP contribution < -0.4 is 4.57 Å². The molecular formula is C14H15NO3S. The molecule has 2 aromatic rings. The molecule has 0 atom stereocenters. The minimum absolute atomic E-state index is 0.195. The lowest BCUT2D eigenvalue weighted by Crippen LogP contribution is -2.34. The third-order valence-electron chi connectivity index (χ3n) is 3.05. The van der Waals surface area contributed by atoms with Gasteiger partial charge in [0.1, 0.15) is 16.7 Å². The lowest BCUT2D eigenvalue weighted by atomic mass is 10.0. The molecule has 100 valence electrons. The molecule has 0 saturated carbocycles. The number of hydrogen-bond donors (Lipinski definition) is 0. The minimum Gasteiger partial charge on any atom is -0.744 e. The van der Waals surface area contributed by atoms with Crippen molar-refractivity contribution in [2.45, 2.75) is 25.3 Å². The van der Waals surface area contributed by atoms with Crippen LogP contribution in [0.15, 0.2) is 47.5 Å². The Hall–Kier alpha value is -1.72. The standard InChI is InChI=1S/C14H15NO3S/c1-3-15-9-5-4-6-14(15)13-10-12(19(16,17)18)8-7-11(13)2/h4-10H,3H2,1-2H3. The Bertz CT molecular complexity index is 708. The molecule has 0 aliphatic heterocycles. The van der Waals surface area contributed by atoms with E-state index in [4.69, 9.17) is 0 Å². The van der Waals surface area contributed by atoms with Crippen LogP contribution in [0.2, 0.25) is 0 Å². The molecule has 0 aliphatic carbocycles. The molecule has 1 heterocycles. The van der Waals surface area contributed by atoms with Gasteiger partial charge in [0.2, 0.25) is 5.69 Å². The van der Waals surface area contributed by atoms with E-state index in [0.717, 1.165) is 23.4 Å². The van der Waals surface area contributed by atoms with Crippen molar-refractivity contribution in [3.05, 3.63) is 48.2 Å². The zero-order valence-electron chi connectivity index (χ0n) is 10.8. The molecule has 19 heavy (non-hydrogen) atoms. The Morgan fingerprint density at radius 3 is 2.58 bits per heavy atom. The first kappa shape index (κ1) is 13.7. The van der Waals surface area contributed by atoms with Crippen LogP contribution in [0.5, 0.6) is 0 Å². The molecule has 0 unspecified atom stereocenters. The number of benzene rings is 1. The topological polar surface area (TPSA) is 61.1 Å². The second-order valence-corrected chi connectivity index (χ2v) is 5.68. The van der Waals surface area contributed by atoms with Crippen molar-refractivity contribution in [3.63, 3.8) is 0 Å². The van der Waals surface area contributed by atoms with Crippen molar-refractivity contribution in [2.75, 3.05) is 0 Å². The van der Waals surface area contributed by atoms with Crippen molar-refractivity contribution in [2.24, 2.45) is 0 Å². The fraction of sp³-hybridized carbons (Fsp3) is 0.214. The first-order valence-electron chi connectivity index (χ1n) is 5.99. The van der Waals surface area contributed by atoms with Crippen molar-refractivity contribution >= 4 is 10.1 Å². The van der Waals surface area contributed by atoms with Gasteiger partial charge in [-0.2, -0.15) is 4.57 Å². The molecule has 0 spiro atoms. The van der Waals surface area contributed by atoms with Crippen LogP contribution >= 0.6 is 0 Å². The zero-order chi connectivity index (χ0) is 14.0. The van der Waals surface area contributed by atoms with Crippen LogP contribution in [0, 0.1) is 6.92 Å². The fourth-order valence-corrected chi connectivity index (χ4v) is 2.53. The largest absolute Gasteiger partial charge is 0.744 e. The monoisotopic (exact) mass is 277 g/mol. The number of aryl methyl sites for hydroxylation is 2. The Labute approximate surface area is 113 Å². The third kappa shape index (κ3) is 2.83. The van der Waals surface area contributed by atoms with Crippen molar-refractivity contribution in [3.8, 4) is 11.3 Å². The molecule has 2 rings (SSSR count). The van der Waals surface area contributed by atoms with Gasteiger partial charge in [-0.1, -0.05) is 6.07 Å². The second-order valence-electron chi connectivity index (χ2n) is 4.30. The average molecular weight is 277 g/mol. The van der Waals surface area contributed by atoms with Crippen LogP contribution in [0.4, 0.5) is 0 Å². The van der Waals surface area contributed by atoms with Gasteiger partial charge in [0.05, 0.1) is 10.5 Å². The van der Waals surface area contributed by atoms with Gasteiger partial charge in [-0.15, -0.1) is 0 Å². The summed E-state index contributed by atoms with van der Waals surface area (Å²) in [6, 6.07) is 10.2. The maximum atomic E-state index is 11.1. The van der Waals surface area contributed by atoms with Crippen LogP contribution in [0.1, 0.15) is 12.5 Å². The second kappa shape index (κ2) is 5.11. The number of rotatable bonds is 3. The average Bonchev–Trinajstić information content (AvgIpc) is 2.38. The normalized spacial score (nSPS) is 11.5. The Morgan fingerprint density at radius 2 is 1.95 bits per heavy atom. The molecule has 0 radical (unpaired) electrons. The summed E-state index contributed by atoms with van der Waals surface area (Å²) in [7, 11) is -4.43. The highest BCUT2D eigenvalue weighted by Gasteiger charge is 2.15. The van der Waals surface area contributed by atoms with Gasteiger partial charge in [-0.3, -0.25) is 0 Å². The molecule has 0 bridgehead atoms. The molecule has 1 aromatic carbocycles. The first-order valence-corrected chi connectivity index (χ1v) is 7.39. The summed E-state index contributed by atoms with van der Waals surface area (Å²) in [4.78, 5) is -0.195. The fourth-order valence-electron chi connectivity index (χ4n) is 2.03. The van der Waals surface area contributed by atoms with Gasteiger partial charge >= 0.3 is 0 Å². The van der Waals surface area contributed by atoms with Crippen molar-refractivity contribution in [1.82, 2.24) is 0 Å². The van der Waals surface area contributed by atoms with Gasteiger partial charge in [-0.05, 0) is 37.6 Å². The van der Waals surface area contributed by atoms with E-state index < -0.39 is 10.1 Å². The third-order valence-corrected chi connectivity index (χ3v) is 3.89. The van der Waals surface area contributed by atoms with E-state index in [1.54, 1.807) is 6.07 Å². The smallest absolute Gasteiger partial charge is 0.212 e. The van der Waals surface area contributed by atoms with Crippen LogP contribution in [0.3, 0.4) is 0 Å². The maximum Gasteiger partial charge on any atom is 0.212 e. The highest BCUT2D eigenvalue weighted by atomic mass is 32.2. The van der Waals surface area contributed by atoms with Gasteiger partial charge < -0.3 is 4.55 Å². The van der Waals surface area contributed by atoms with Crippen LogP contribution in [0.25, 0.3) is 11.3 Å². The predicted octanol–water partition coefficient (Wildman–Crippen LogP) is 1.87. The number of nitrogens with zero attached hydrogens (tertiary/aromatic N) is 1. The molecule has 1 aromatic heterocycles.